The molecule has 2 N–H and O–H groups in total. The Morgan fingerprint density at radius 1 is 1.37 bits per heavy atom. The van der Waals surface area contributed by atoms with Crippen LogP contribution in [0.5, 0.6) is 0 Å². The Balaban J connectivity index is 1.66. The first-order chi connectivity index (χ1) is 9.33. The molecule has 0 spiro atoms. The Kier molecular flexibility index (Phi) is 2.97. The van der Waals surface area contributed by atoms with Gasteiger partial charge in [-0.3, -0.25) is 9.89 Å². The van der Waals surface area contributed by atoms with Crippen LogP contribution < -0.4 is 5.32 Å². The van der Waals surface area contributed by atoms with Crippen LogP contribution in [0.3, 0.4) is 0 Å². The standard InChI is InChI=1S/C13H13N5O/c19-12(5-7-18-8-6-14-9-18)15-13-10-3-1-2-4-11(10)16-17-13/h1-4,6,8-9H,5,7H2,(H2,15,16,17,19). The van der Waals surface area contributed by atoms with Crippen molar-refractivity contribution in [3.05, 3.63) is 43.0 Å². The first-order valence-corrected chi connectivity index (χ1v) is 6.01. The van der Waals surface area contributed by atoms with Crippen molar-refractivity contribution in [3.63, 3.8) is 0 Å². The Morgan fingerprint density at radius 3 is 3.11 bits per heavy atom. The smallest absolute Gasteiger partial charge is 0.227 e. The van der Waals surface area contributed by atoms with E-state index in [0.29, 0.717) is 18.8 Å². The zero-order valence-electron chi connectivity index (χ0n) is 10.2. The summed E-state index contributed by atoms with van der Waals surface area (Å²) in [5.41, 5.74) is 0.910. The normalized spacial score (nSPS) is 10.7. The average Bonchev–Trinajstić information content (AvgIpc) is 3.07. The number of amides is 1. The van der Waals surface area contributed by atoms with Crippen molar-refractivity contribution in [2.75, 3.05) is 5.32 Å². The van der Waals surface area contributed by atoms with Gasteiger partial charge in [-0.25, -0.2) is 4.98 Å². The molecule has 6 heteroatoms. The maximum absolute atomic E-state index is 11.9. The largest absolute Gasteiger partial charge is 0.337 e. The van der Waals surface area contributed by atoms with Crippen LogP contribution in [0.25, 0.3) is 10.9 Å². The summed E-state index contributed by atoms with van der Waals surface area (Å²) in [5, 5.41) is 10.7. The van der Waals surface area contributed by atoms with Crippen LogP contribution in [0, 0.1) is 0 Å². The first kappa shape index (κ1) is 11.5. The highest BCUT2D eigenvalue weighted by atomic mass is 16.1. The number of aromatic nitrogens is 4. The van der Waals surface area contributed by atoms with Crippen molar-refractivity contribution in [3.8, 4) is 0 Å². The van der Waals surface area contributed by atoms with Gasteiger partial charge in [0, 0.05) is 30.7 Å². The van der Waals surface area contributed by atoms with E-state index in [-0.39, 0.29) is 5.91 Å². The summed E-state index contributed by atoms with van der Waals surface area (Å²) in [6.45, 7) is 0.605. The lowest BCUT2D eigenvalue weighted by atomic mass is 10.2. The number of carbonyl (C=O) groups is 1. The van der Waals surface area contributed by atoms with Crippen LogP contribution in [-0.4, -0.2) is 25.7 Å². The van der Waals surface area contributed by atoms with Crippen LogP contribution in [0.4, 0.5) is 5.82 Å². The third-order valence-electron chi connectivity index (χ3n) is 2.88. The zero-order valence-corrected chi connectivity index (χ0v) is 10.2. The number of para-hydroxylation sites is 1. The van der Waals surface area contributed by atoms with Crippen molar-refractivity contribution >= 4 is 22.6 Å². The fraction of sp³-hybridized carbons (Fsp3) is 0.154. The Morgan fingerprint density at radius 2 is 2.26 bits per heavy atom. The van der Waals surface area contributed by atoms with E-state index in [1.165, 1.54) is 0 Å². The van der Waals surface area contributed by atoms with E-state index in [2.05, 4.69) is 20.5 Å². The number of fused-ring (bicyclic) bond motifs is 1. The van der Waals surface area contributed by atoms with Gasteiger partial charge in [-0.05, 0) is 12.1 Å². The van der Waals surface area contributed by atoms with Gasteiger partial charge in [0.05, 0.1) is 11.8 Å². The van der Waals surface area contributed by atoms with Crippen molar-refractivity contribution < 1.29 is 4.79 Å². The molecule has 0 radical (unpaired) electrons. The van der Waals surface area contributed by atoms with E-state index in [9.17, 15) is 4.79 Å². The monoisotopic (exact) mass is 255 g/mol. The third kappa shape index (κ3) is 2.47. The van der Waals surface area contributed by atoms with Crippen LogP contribution >= 0.6 is 0 Å². The summed E-state index contributed by atoms with van der Waals surface area (Å²) < 4.78 is 1.86. The van der Waals surface area contributed by atoms with Crippen molar-refractivity contribution in [1.82, 2.24) is 19.7 Å². The lowest BCUT2D eigenvalue weighted by molar-refractivity contribution is -0.116. The predicted octanol–water partition coefficient (Wildman–Crippen LogP) is 1.79. The molecule has 1 aromatic carbocycles. The van der Waals surface area contributed by atoms with Gasteiger partial charge < -0.3 is 9.88 Å². The van der Waals surface area contributed by atoms with E-state index < -0.39 is 0 Å². The van der Waals surface area contributed by atoms with E-state index in [1.807, 2.05) is 35.0 Å². The number of nitrogens with one attached hydrogen (secondary N) is 2. The highest BCUT2D eigenvalue weighted by molar-refractivity contribution is 5.99. The first-order valence-electron chi connectivity index (χ1n) is 6.01. The van der Waals surface area contributed by atoms with E-state index in [1.54, 1.807) is 12.5 Å². The van der Waals surface area contributed by atoms with Crippen molar-refractivity contribution in [2.24, 2.45) is 0 Å². The summed E-state index contributed by atoms with van der Waals surface area (Å²) >= 11 is 0. The summed E-state index contributed by atoms with van der Waals surface area (Å²) in [5.74, 6) is 0.511. The molecule has 2 heterocycles. The number of H-pyrrole nitrogens is 1. The quantitative estimate of drug-likeness (QED) is 0.746. The molecule has 0 aliphatic carbocycles. The molecule has 3 rings (SSSR count). The van der Waals surface area contributed by atoms with Gasteiger partial charge in [0.2, 0.25) is 5.91 Å². The van der Waals surface area contributed by atoms with Gasteiger partial charge in [0.25, 0.3) is 0 Å². The number of carbonyl (C=O) groups excluding carboxylic acids is 1. The van der Waals surface area contributed by atoms with Crippen LogP contribution in [0.1, 0.15) is 6.42 Å². The van der Waals surface area contributed by atoms with Gasteiger partial charge in [-0.1, -0.05) is 12.1 Å². The number of nitrogens with zero attached hydrogens (tertiary/aromatic N) is 3. The summed E-state index contributed by atoms with van der Waals surface area (Å²) in [6, 6.07) is 7.68. The molecule has 0 fully saturated rings. The molecular weight excluding hydrogens is 242 g/mol. The van der Waals surface area contributed by atoms with Gasteiger partial charge in [-0.15, -0.1) is 0 Å². The van der Waals surface area contributed by atoms with Gasteiger partial charge in [-0.2, -0.15) is 5.10 Å². The molecule has 6 nitrogen and oxygen atoms in total. The Hall–Kier alpha value is -2.63. The number of benzene rings is 1. The van der Waals surface area contributed by atoms with Gasteiger partial charge >= 0.3 is 0 Å². The highest BCUT2D eigenvalue weighted by Crippen LogP contribution is 2.19. The van der Waals surface area contributed by atoms with Crippen molar-refractivity contribution in [1.29, 1.82) is 0 Å². The number of aryl methyl sites for hydroxylation is 1. The number of imidazole rings is 1. The van der Waals surface area contributed by atoms with Gasteiger partial charge in [0.15, 0.2) is 5.82 Å². The average molecular weight is 255 g/mol. The Bertz CT molecular complexity index is 686. The van der Waals surface area contributed by atoms with Crippen LogP contribution in [0.15, 0.2) is 43.0 Å². The molecule has 0 saturated carbocycles. The molecule has 3 aromatic rings. The lowest BCUT2D eigenvalue weighted by Crippen LogP contribution is -2.14. The molecule has 0 saturated heterocycles. The summed E-state index contributed by atoms with van der Waals surface area (Å²) in [4.78, 5) is 15.8. The molecule has 0 unspecified atom stereocenters. The number of aromatic amines is 1. The predicted molar refractivity (Wildman–Crippen MR) is 71.6 cm³/mol. The molecule has 1 amide bonds. The topological polar surface area (TPSA) is 75.6 Å². The molecule has 2 aromatic heterocycles. The molecule has 0 aliphatic heterocycles. The minimum Gasteiger partial charge on any atom is -0.337 e. The molecular formula is C13H13N5O. The van der Waals surface area contributed by atoms with Crippen LogP contribution in [0.2, 0.25) is 0 Å². The number of anilines is 1. The minimum absolute atomic E-state index is 0.0639. The SMILES string of the molecule is O=C(CCn1ccnc1)Nc1n[nH]c2ccccc12. The summed E-state index contributed by atoms with van der Waals surface area (Å²) in [7, 11) is 0. The lowest BCUT2D eigenvalue weighted by Gasteiger charge is -2.03. The molecule has 0 bridgehead atoms. The fourth-order valence-corrected chi connectivity index (χ4v) is 1.90. The molecule has 0 atom stereocenters. The Labute approximate surface area is 109 Å². The molecule has 19 heavy (non-hydrogen) atoms. The van der Waals surface area contributed by atoms with Gasteiger partial charge in [0.1, 0.15) is 0 Å². The molecule has 96 valence electrons. The number of hydrogen-bond acceptors (Lipinski definition) is 3. The van der Waals surface area contributed by atoms with Crippen molar-refractivity contribution in [2.45, 2.75) is 13.0 Å². The third-order valence-corrected chi connectivity index (χ3v) is 2.88. The van der Waals surface area contributed by atoms with E-state index in [0.717, 1.165) is 10.9 Å². The fourth-order valence-electron chi connectivity index (χ4n) is 1.90. The minimum atomic E-state index is -0.0639. The second kappa shape index (κ2) is 4.93. The maximum Gasteiger partial charge on any atom is 0.227 e. The van der Waals surface area contributed by atoms with E-state index >= 15 is 0 Å². The zero-order chi connectivity index (χ0) is 13.1. The second-order valence-corrected chi connectivity index (χ2v) is 4.22. The summed E-state index contributed by atoms with van der Waals surface area (Å²) in [6.07, 6.45) is 5.60. The number of hydrogen-bond donors (Lipinski definition) is 2. The van der Waals surface area contributed by atoms with E-state index in [4.69, 9.17) is 0 Å². The van der Waals surface area contributed by atoms with Crippen LogP contribution in [-0.2, 0) is 11.3 Å². The second-order valence-electron chi connectivity index (χ2n) is 4.22. The maximum atomic E-state index is 11.9. The molecule has 0 aliphatic rings. The number of rotatable bonds is 4. The highest BCUT2D eigenvalue weighted by Gasteiger charge is 2.08.